The molecule has 1 amide bonds. The molecule has 4 rings (SSSR count). The maximum Gasteiger partial charge on any atom is 0.340 e. The molecule has 4 aromatic rings. The molecule has 0 saturated heterocycles. The van der Waals surface area contributed by atoms with Gasteiger partial charge in [0.1, 0.15) is 22.7 Å². The van der Waals surface area contributed by atoms with Crippen LogP contribution in [0.5, 0.6) is 5.75 Å². The number of carbonyl (C=O) groups excluding carboxylic acids is 2. The highest BCUT2D eigenvalue weighted by atomic mass is 35.5. The average molecular weight is 428 g/mol. The second kappa shape index (κ2) is 8.04. The third-order valence-electron chi connectivity index (χ3n) is 4.46. The maximum atomic E-state index is 13.1. The van der Waals surface area contributed by atoms with E-state index in [0.29, 0.717) is 22.6 Å². The van der Waals surface area contributed by atoms with Crippen LogP contribution >= 0.6 is 11.6 Å². The molecule has 0 atom stereocenters. The monoisotopic (exact) mass is 427 g/mol. The van der Waals surface area contributed by atoms with Crippen molar-refractivity contribution in [2.24, 2.45) is 0 Å². The number of benzene rings is 3. The number of ether oxygens (including phenoxy) is 2. The molecule has 30 heavy (non-hydrogen) atoms. The number of methoxy groups -OCH3 is 1. The Labute approximate surface area is 175 Å². The summed E-state index contributed by atoms with van der Waals surface area (Å²) >= 11 is 5.83. The molecular formula is C22H15ClFNO5. The molecule has 0 aliphatic rings. The Balaban J connectivity index is 1.51. The SMILES string of the molecule is COc1cc2c(cc1NC(=O)COC(=O)c1ccc(F)cc1Cl)oc1ccccc12. The zero-order valence-corrected chi connectivity index (χ0v) is 16.5. The zero-order chi connectivity index (χ0) is 21.3. The van der Waals surface area contributed by atoms with Gasteiger partial charge in [0.05, 0.1) is 23.4 Å². The fourth-order valence-corrected chi connectivity index (χ4v) is 3.31. The van der Waals surface area contributed by atoms with Crippen LogP contribution in [0.1, 0.15) is 10.4 Å². The summed E-state index contributed by atoms with van der Waals surface area (Å²) in [6.07, 6.45) is 0. The van der Waals surface area contributed by atoms with Crippen LogP contribution in [0.3, 0.4) is 0 Å². The van der Waals surface area contributed by atoms with E-state index in [2.05, 4.69) is 5.32 Å². The van der Waals surface area contributed by atoms with Crippen LogP contribution in [0.2, 0.25) is 5.02 Å². The van der Waals surface area contributed by atoms with E-state index in [-0.39, 0.29) is 10.6 Å². The number of carbonyl (C=O) groups is 2. The lowest BCUT2D eigenvalue weighted by molar-refractivity contribution is -0.119. The fourth-order valence-electron chi connectivity index (χ4n) is 3.07. The number of rotatable bonds is 5. The van der Waals surface area contributed by atoms with E-state index < -0.39 is 24.3 Å². The number of para-hydroxylation sites is 1. The van der Waals surface area contributed by atoms with E-state index in [1.807, 2.05) is 24.3 Å². The summed E-state index contributed by atoms with van der Waals surface area (Å²) in [5.41, 5.74) is 1.61. The van der Waals surface area contributed by atoms with Crippen LogP contribution in [-0.2, 0) is 9.53 Å². The number of anilines is 1. The summed E-state index contributed by atoms with van der Waals surface area (Å²) in [5.74, 6) is -1.58. The first-order valence-corrected chi connectivity index (χ1v) is 9.25. The molecule has 8 heteroatoms. The molecule has 0 spiro atoms. The molecular weight excluding hydrogens is 413 g/mol. The molecule has 0 bridgehead atoms. The summed E-state index contributed by atoms with van der Waals surface area (Å²) in [6, 6.07) is 14.2. The Bertz CT molecular complexity index is 1280. The number of hydrogen-bond donors (Lipinski definition) is 1. The highest BCUT2D eigenvalue weighted by Crippen LogP contribution is 2.36. The van der Waals surface area contributed by atoms with E-state index in [9.17, 15) is 14.0 Å². The van der Waals surface area contributed by atoms with Crippen molar-refractivity contribution in [1.29, 1.82) is 0 Å². The Morgan fingerprint density at radius 1 is 1.07 bits per heavy atom. The third kappa shape index (κ3) is 3.79. The fraction of sp³-hybridized carbons (Fsp3) is 0.0909. The van der Waals surface area contributed by atoms with Crippen molar-refractivity contribution in [2.45, 2.75) is 0 Å². The Hall–Kier alpha value is -3.58. The predicted octanol–water partition coefficient (Wildman–Crippen LogP) is 5.18. The van der Waals surface area contributed by atoms with Crippen molar-refractivity contribution in [3.63, 3.8) is 0 Å². The van der Waals surface area contributed by atoms with Crippen molar-refractivity contribution >= 4 is 51.1 Å². The summed E-state index contributed by atoms with van der Waals surface area (Å²) < 4.78 is 29.3. The number of halogens is 2. The Morgan fingerprint density at radius 3 is 2.63 bits per heavy atom. The predicted molar refractivity (Wildman–Crippen MR) is 111 cm³/mol. The van der Waals surface area contributed by atoms with E-state index in [4.69, 9.17) is 25.5 Å². The minimum absolute atomic E-state index is 0.0351. The Kier molecular flexibility index (Phi) is 5.29. The topological polar surface area (TPSA) is 77.8 Å². The van der Waals surface area contributed by atoms with Crippen LogP contribution in [-0.4, -0.2) is 25.6 Å². The molecule has 0 aliphatic carbocycles. The third-order valence-corrected chi connectivity index (χ3v) is 4.77. The van der Waals surface area contributed by atoms with Gasteiger partial charge >= 0.3 is 5.97 Å². The first-order chi connectivity index (χ1) is 14.5. The largest absolute Gasteiger partial charge is 0.495 e. The molecule has 0 aliphatic heterocycles. The van der Waals surface area contributed by atoms with Crippen molar-refractivity contribution in [2.75, 3.05) is 19.0 Å². The van der Waals surface area contributed by atoms with Gasteiger partial charge in [0.15, 0.2) is 6.61 Å². The minimum atomic E-state index is -0.838. The first-order valence-electron chi connectivity index (χ1n) is 8.87. The van der Waals surface area contributed by atoms with Gasteiger partial charge in [-0.05, 0) is 30.3 Å². The standard InChI is InChI=1S/C22H15ClFNO5/c1-28-20-9-15-13-4-2-3-5-18(13)30-19(15)10-17(20)25-21(26)11-29-22(27)14-7-6-12(24)8-16(14)23/h2-10H,11H2,1H3,(H,25,26). The van der Waals surface area contributed by atoms with Crippen molar-refractivity contribution < 1.29 is 27.9 Å². The molecule has 1 heterocycles. The second-order valence-corrected chi connectivity index (χ2v) is 6.80. The van der Waals surface area contributed by atoms with E-state index in [1.165, 1.54) is 13.2 Å². The lowest BCUT2D eigenvalue weighted by Crippen LogP contribution is -2.21. The smallest absolute Gasteiger partial charge is 0.340 e. The van der Waals surface area contributed by atoms with Crippen LogP contribution in [0.25, 0.3) is 21.9 Å². The summed E-state index contributed by atoms with van der Waals surface area (Å²) in [7, 11) is 1.48. The quantitative estimate of drug-likeness (QED) is 0.444. The molecule has 0 saturated carbocycles. The molecule has 3 aromatic carbocycles. The first kappa shape index (κ1) is 19.7. The van der Waals surface area contributed by atoms with Crippen molar-refractivity contribution in [3.05, 3.63) is 71.0 Å². The zero-order valence-electron chi connectivity index (χ0n) is 15.7. The van der Waals surface area contributed by atoms with Crippen LogP contribution < -0.4 is 10.1 Å². The number of amides is 1. The lowest BCUT2D eigenvalue weighted by atomic mass is 10.1. The van der Waals surface area contributed by atoms with Crippen LogP contribution in [0.4, 0.5) is 10.1 Å². The van der Waals surface area contributed by atoms with Gasteiger partial charge in [0, 0.05) is 16.8 Å². The van der Waals surface area contributed by atoms with E-state index in [0.717, 1.165) is 22.9 Å². The molecule has 0 fully saturated rings. The molecule has 0 unspecified atom stereocenters. The van der Waals surface area contributed by atoms with Crippen molar-refractivity contribution in [3.8, 4) is 5.75 Å². The van der Waals surface area contributed by atoms with Gasteiger partial charge in [-0.25, -0.2) is 9.18 Å². The summed E-state index contributed by atoms with van der Waals surface area (Å²) in [4.78, 5) is 24.4. The highest BCUT2D eigenvalue weighted by Gasteiger charge is 2.17. The van der Waals surface area contributed by atoms with Gasteiger partial charge < -0.3 is 19.2 Å². The normalized spacial score (nSPS) is 10.9. The molecule has 1 aromatic heterocycles. The average Bonchev–Trinajstić information content (AvgIpc) is 3.08. The molecule has 0 radical (unpaired) electrons. The van der Waals surface area contributed by atoms with Gasteiger partial charge in [-0.2, -0.15) is 0 Å². The van der Waals surface area contributed by atoms with Gasteiger partial charge in [-0.1, -0.05) is 29.8 Å². The van der Waals surface area contributed by atoms with Crippen LogP contribution in [0.15, 0.2) is 59.0 Å². The lowest BCUT2D eigenvalue weighted by Gasteiger charge is -2.11. The molecule has 1 N–H and O–H groups in total. The van der Waals surface area contributed by atoms with Gasteiger partial charge in [-0.3, -0.25) is 4.79 Å². The van der Waals surface area contributed by atoms with Crippen molar-refractivity contribution in [1.82, 2.24) is 0 Å². The second-order valence-electron chi connectivity index (χ2n) is 6.40. The van der Waals surface area contributed by atoms with Crippen LogP contribution in [0, 0.1) is 5.82 Å². The number of fused-ring (bicyclic) bond motifs is 3. The Morgan fingerprint density at radius 2 is 1.87 bits per heavy atom. The summed E-state index contributed by atoms with van der Waals surface area (Å²) in [5, 5.41) is 4.30. The van der Waals surface area contributed by atoms with Gasteiger partial charge in [0.2, 0.25) is 0 Å². The molecule has 6 nitrogen and oxygen atoms in total. The minimum Gasteiger partial charge on any atom is -0.495 e. The van der Waals surface area contributed by atoms with E-state index in [1.54, 1.807) is 12.1 Å². The number of furan rings is 1. The van der Waals surface area contributed by atoms with Gasteiger partial charge in [0.25, 0.3) is 5.91 Å². The molecule has 152 valence electrons. The number of esters is 1. The maximum absolute atomic E-state index is 13.1. The highest BCUT2D eigenvalue weighted by molar-refractivity contribution is 6.33. The van der Waals surface area contributed by atoms with E-state index >= 15 is 0 Å². The number of hydrogen-bond acceptors (Lipinski definition) is 5. The summed E-state index contributed by atoms with van der Waals surface area (Å²) in [6.45, 7) is -0.562. The van der Waals surface area contributed by atoms with Gasteiger partial charge in [-0.15, -0.1) is 0 Å². The number of nitrogens with one attached hydrogen (secondary N) is 1.